The molecule has 0 bridgehead atoms. The number of likely N-dealkylation sites (tertiary alicyclic amines) is 1. The third-order valence-corrected chi connectivity index (χ3v) is 8.11. The minimum absolute atomic E-state index is 0.00656. The Labute approximate surface area is 225 Å². The maximum absolute atomic E-state index is 13.7. The molecule has 0 radical (unpaired) electrons. The molecule has 0 unspecified atom stereocenters. The van der Waals surface area contributed by atoms with Crippen molar-refractivity contribution in [3.63, 3.8) is 0 Å². The molecule has 0 aliphatic carbocycles. The second kappa shape index (κ2) is 10.3. The minimum atomic E-state index is -0.501. The van der Waals surface area contributed by atoms with Crippen LogP contribution in [0.15, 0.2) is 55.0 Å². The predicted molar refractivity (Wildman–Crippen MR) is 146 cm³/mol. The maximum atomic E-state index is 13.7. The largest absolute Gasteiger partial charge is 0.361 e. The van der Waals surface area contributed by atoms with Crippen molar-refractivity contribution in [3.8, 4) is 0 Å². The van der Waals surface area contributed by atoms with Gasteiger partial charge in [-0.3, -0.25) is 9.69 Å². The molecule has 38 heavy (non-hydrogen) atoms. The van der Waals surface area contributed by atoms with Gasteiger partial charge in [0, 0.05) is 48.5 Å². The number of benzene rings is 2. The Morgan fingerprint density at radius 3 is 2.76 bits per heavy atom. The highest BCUT2D eigenvalue weighted by Crippen LogP contribution is 2.31. The molecule has 0 atom stereocenters. The number of thiophene rings is 1. The van der Waals surface area contributed by atoms with Gasteiger partial charge in [0.15, 0.2) is 0 Å². The lowest BCUT2D eigenvalue weighted by Crippen LogP contribution is -2.44. The summed E-state index contributed by atoms with van der Waals surface area (Å²) in [6.07, 6.45) is 5.01. The van der Waals surface area contributed by atoms with E-state index in [0.717, 1.165) is 48.9 Å². The van der Waals surface area contributed by atoms with Crippen molar-refractivity contribution in [1.29, 1.82) is 0 Å². The Balaban J connectivity index is 1.09. The SMILES string of the molecule is O=C(NC1CCN(Cc2c[nH]c3ccc(F)cc23)CC1)c1cc2c(Nc3ccc(F)c(Cl)c3)ncnc2s1. The van der Waals surface area contributed by atoms with Gasteiger partial charge in [0.1, 0.15) is 28.6 Å². The second-order valence-electron chi connectivity index (χ2n) is 9.33. The van der Waals surface area contributed by atoms with Gasteiger partial charge in [0.05, 0.1) is 15.3 Å². The molecule has 0 spiro atoms. The molecule has 11 heteroatoms. The summed E-state index contributed by atoms with van der Waals surface area (Å²) in [5.74, 6) is -0.374. The third kappa shape index (κ3) is 5.07. The van der Waals surface area contributed by atoms with Crippen LogP contribution in [-0.2, 0) is 6.54 Å². The first-order valence-corrected chi connectivity index (χ1v) is 13.4. The highest BCUT2D eigenvalue weighted by molar-refractivity contribution is 7.20. The van der Waals surface area contributed by atoms with Gasteiger partial charge in [0.25, 0.3) is 5.91 Å². The summed E-state index contributed by atoms with van der Waals surface area (Å²) in [5, 5.41) is 7.90. The Morgan fingerprint density at radius 2 is 1.95 bits per heavy atom. The van der Waals surface area contributed by atoms with Gasteiger partial charge >= 0.3 is 0 Å². The molecule has 6 rings (SSSR count). The number of nitrogens with zero attached hydrogens (tertiary/aromatic N) is 3. The van der Waals surface area contributed by atoms with E-state index in [1.165, 1.54) is 35.9 Å². The van der Waals surface area contributed by atoms with Crippen LogP contribution in [0.5, 0.6) is 0 Å². The summed E-state index contributed by atoms with van der Waals surface area (Å²) >= 11 is 7.19. The van der Waals surface area contributed by atoms with Crippen LogP contribution in [0.25, 0.3) is 21.1 Å². The molecule has 5 aromatic rings. The third-order valence-electron chi connectivity index (χ3n) is 6.78. The van der Waals surface area contributed by atoms with Crippen molar-refractivity contribution in [2.45, 2.75) is 25.4 Å². The number of H-pyrrole nitrogens is 1. The number of aromatic amines is 1. The number of aromatic nitrogens is 3. The first kappa shape index (κ1) is 24.7. The summed E-state index contributed by atoms with van der Waals surface area (Å²) < 4.78 is 27.2. The Hall–Kier alpha value is -3.60. The summed E-state index contributed by atoms with van der Waals surface area (Å²) in [4.78, 5) is 28.4. The summed E-state index contributed by atoms with van der Waals surface area (Å²) in [7, 11) is 0. The lowest BCUT2D eigenvalue weighted by Gasteiger charge is -2.32. The topological polar surface area (TPSA) is 85.9 Å². The highest BCUT2D eigenvalue weighted by atomic mass is 35.5. The molecule has 1 aliphatic rings. The van der Waals surface area contributed by atoms with E-state index >= 15 is 0 Å². The zero-order valence-corrected chi connectivity index (χ0v) is 21.7. The van der Waals surface area contributed by atoms with Crippen molar-refractivity contribution < 1.29 is 13.6 Å². The summed E-state index contributed by atoms with van der Waals surface area (Å²) in [6.45, 7) is 2.40. The molecule has 0 saturated carbocycles. The van der Waals surface area contributed by atoms with Gasteiger partial charge in [-0.1, -0.05) is 11.6 Å². The van der Waals surface area contributed by atoms with E-state index in [2.05, 4.69) is 30.5 Å². The zero-order chi connectivity index (χ0) is 26.2. The average molecular weight is 553 g/mol. The zero-order valence-electron chi connectivity index (χ0n) is 20.1. The fourth-order valence-corrected chi connectivity index (χ4v) is 5.87. The lowest BCUT2D eigenvalue weighted by atomic mass is 10.0. The first-order valence-electron chi connectivity index (χ1n) is 12.2. The Morgan fingerprint density at radius 1 is 1.11 bits per heavy atom. The van der Waals surface area contributed by atoms with Crippen molar-refractivity contribution in [1.82, 2.24) is 25.2 Å². The van der Waals surface area contributed by atoms with Crippen LogP contribution in [0.1, 0.15) is 28.1 Å². The van der Waals surface area contributed by atoms with Gasteiger partial charge in [-0.05, 0) is 60.9 Å². The van der Waals surface area contributed by atoms with Crippen LogP contribution < -0.4 is 10.6 Å². The number of fused-ring (bicyclic) bond motifs is 2. The molecule has 7 nitrogen and oxygen atoms in total. The smallest absolute Gasteiger partial charge is 0.261 e. The predicted octanol–water partition coefficient (Wildman–Crippen LogP) is 6.24. The van der Waals surface area contributed by atoms with Crippen molar-refractivity contribution >= 4 is 61.5 Å². The van der Waals surface area contributed by atoms with E-state index in [4.69, 9.17) is 11.6 Å². The van der Waals surface area contributed by atoms with Gasteiger partial charge < -0.3 is 15.6 Å². The Bertz CT molecular complexity index is 1650. The van der Waals surface area contributed by atoms with Crippen molar-refractivity contribution in [3.05, 3.63) is 82.1 Å². The van der Waals surface area contributed by atoms with Crippen molar-refractivity contribution in [2.24, 2.45) is 0 Å². The normalized spacial score (nSPS) is 14.8. The van der Waals surface area contributed by atoms with Crippen LogP contribution in [0.2, 0.25) is 5.02 Å². The first-order chi connectivity index (χ1) is 18.4. The van der Waals surface area contributed by atoms with E-state index in [0.29, 0.717) is 26.6 Å². The van der Waals surface area contributed by atoms with Crippen LogP contribution in [0.4, 0.5) is 20.3 Å². The number of hydrogen-bond donors (Lipinski definition) is 3. The van der Waals surface area contributed by atoms with Crippen LogP contribution in [-0.4, -0.2) is 44.9 Å². The van der Waals surface area contributed by atoms with E-state index in [1.54, 1.807) is 24.3 Å². The van der Waals surface area contributed by atoms with Gasteiger partial charge in [-0.25, -0.2) is 18.7 Å². The molecule has 1 aliphatic heterocycles. The van der Waals surface area contributed by atoms with Gasteiger partial charge in [0.2, 0.25) is 0 Å². The van der Waals surface area contributed by atoms with Crippen LogP contribution in [0.3, 0.4) is 0 Å². The number of piperidine rings is 1. The molecular formula is C27H23ClF2N6OS. The number of rotatable bonds is 6. The highest BCUT2D eigenvalue weighted by Gasteiger charge is 2.23. The quantitative estimate of drug-likeness (QED) is 0.232. The molecule has 3 N–H and O–H groups in total. The van der Waals surface area contributed by atoms with E-state index in [-0.39, 0.29) is 22.8 Å². The van der Waals surface area contributed by atoms with Crippen molar-refractivity contribution in [2.75, 3.05) is 18.4 Å². The van der Waals surface area contributed by atoms with E-state index < -0.39 is 5.82 Å². The van der Waals surface area contributed by atoms with E-state index in [1.807, 2.05) is 6.20 Å². The number of anilines is 2. The number of nitrogens with one attached hydrogen (secondary N) is 3. The number of amides is 1. The standard InChI is InChI=1S/C27H23ClF2N6OS/c28-21-10-18(2-3-22(21)30)34-25-20-11-24(38-27(20)33-14-32-25)26(37)35-17-5-7-36(8-6-17)13-15-12-31-23-4-1-16(29)9-19(15)23/h1-4,9-12,14,17,31H,5-8,13H2,(H,35,37)(H,32,33,34). The van der Waals surface area contributed by atoms with E-state index in [9.17, 15) is 13.6 Å². The molecular weight excluding hydrogens is 530 g/mol. The lowest BCUT2D eigenvalue weighted by molar-refractivity contribution is 0.0913. The molecule has 3 aromatic heterocycles. The minimum Gasteiger partial charge on any atom is -0.361 e. The van der Waals surface area contributed by atoms with Gasteiger partial charge in [-0.15, -0.1) is 11.3 Å². The molecule has 194 valence electrons. The molecule has 1 amide bonds. The molecule has 1 fully saturated rings. The number of carbonyl (C=O) groups excluding carboxylic acids is 1. The summed E-state index contributed by atoms with van der Waals surface area (Å²) in [6, 6.07) is 10.9. The fraction of sp³-hybridized carbons (Fsp3) is 0.222. The number of halogens is 3. The monoisotopic (exact) mass is 552 g/mol. The molecule has 2 aromatic carbocycles. The van der Waals surface area contributed by atoms with Crippen LogP contribution in [0, 0.1) is 11.6 Å². The summed E-state index contributed by atoms with van der Waals surface area (Å²) in [5.41, 5.74) is 2.58. The molecule has 4 heterocycles. The van der Waals surface area contributed by atoms with Gasteiger partial charge in [-0.2, -0.15) is 0 Å². The average Bonchev–Trinajstić information content (AvgIpc) is 3.52. The number of hydrogen-bond acceptors (Lipinski definition) is 6. The maximum Gasteiger partial charge on any atom is 0.261 e. The second-order valence-corrected chi connectivity index (χ2v) is 10.8. The number of carbonyl (C=O) groups is 1. The van der Waals surface area contributed by atoms with Crippen LogP contribution >= 0.6 is 22.9 Å². The molecule has 1 saturated heterocycles. The Kier molecular flexibility index (Phi) is 6.69. The fourth-order valence-electron chi connectivity index (χ4n) is 4.79.